The monoisotopic (exact) mass is 261 g/mol. The van der Waals surface area contributed by atoms with Crippen molar-refractivity contribution in [2.24, 2.45) is 0 Å². The summed E-state index contributed by atoms with van der Waals surface area (Å²) >= 11 is 0.995. The number of anilines is 2. The number of nitrogen functional groups attached to an aromatic ring is 2. The molecule has 0 fully saturated rings. The highest BCUT2D eigenvalue weighted by molar-refractivity contribution is 7.99. The summed E-state index contributed by atoms with van der Waals surface area (Å²) in [5.74, 6) is -0.0678. The summed E-state index contributed by atoms with van der Waals surface area (Å²) in [6.45, 7) is 0. The number of rotatable bonds is 2. The number of benzene rings is 1. The molecule has 2 aromatic rings. The second-order valence-corrected chi connectivity index (χ2v) is 4.37. The summed E-state index contributed by atoms with van der Waals surface area (Å²) in [7, 11) is 0. The van der Waals surface area contributed by atoms with Gasteiger partial charge < -0.3 is 11.5 Å². The summed E-state index contributed by atoms with van der Waals surface area (Å²) < 4.78 is 13.6. The van der Waals surface area contributed by atoms with E-state index in [-0.39, 0.29) is 22.4 Å². The van der Waals surface area contributed by atoms with Gasteiger partial charge in [0, 0.05) is 6.07 Å². The first-order valence-electron chi connectivity index (χ1n) is 4.86. The normalized spacial score (nSPS) is 10.0. The van der Waals surface area contributed by atoms with Gasteiger partial charge in [-0.2, -0.15) is 5.26 Å². The van der Waals surface area contributed by atoms with Crippen LogP contribution in [-0.2, 0) is 0 Å². The maximum Gasteiger partial charge on any atom is 0.196 e. The van der Waals surface area contributed by atoms with E-state index in [0.717, 1.165) is 17.8 Å². The Hall–Kier alpha value is -2.33. The largest absolute Gasteiger partial charge is 0.383 e. The van der Waals surface area contributed by atoms with Crippen molar-refractivity contribution in [2.45, 2.75) is 10.1 Å². The molecule has 0 aliphatic heterocycles. The van der Waals surface area contributed by atoms with Crippen molar-refractivity contribution in [1.82, 2.24) is 9.97 Å². The van der Waals surface area contributed by atoms with E-state index < -0.39 is 5.82 Å². The van der Waals surface area contributed by atoms with Crippen molar-refractivity contribution < 1.29 is 4.39 Å². The van der Waals surface area contributed by atoms with Gasteiger partial charge in [-0.05, 0) is 30.0 Å². The highest BCUT2D eigenvalue weighted by Gasteiger charge is 2.08. The van der Waals surface area contributed by atoms with Crippen molar-refractivity contribution in [3.05, 3.63) is 35.6 Å². The Bertz CT molecular complexity index is 618. The second kappa shape index (κ2) is 4.89. The van der Waals surface area contributed by atoms with Crippen LogP contribution in [0.3, 0.4) is 0 Å². The predicted octanol–water partition coefficient (Wildman–Crippen LogP) is 1.80. The fourth-order valence-electron chi connectivity index (χ4n) is 1.26. The molecule has 1 aromatic carbocycles. The molecule has 0 spiro atoms. The third-order valence-electron chi connectivity index (χ3n) is 2.01. The van der Waals surface area contributed by atoms with Gasteiger partial charge in [-0.15, -0.1) is 0 Å². The van der Waals surface area contributed by atoms with Gasteiger partial charge in [-0.1, -0.05) is 0 Å². The van der Waals surface area contributed by atoms with Crippen LogP contribution in [0.4, 0.5) is 16.0 Å². The fraction of sp³-hybridized carbons (Fsp3) is 0. The Labute approximate surface area is 107 Å². The van der Waals surface area contributed by atoms with Crippen LogP contribution in [0.25, 0.3) is 0 Å². The molecule has 7 heteroatoms. The second-order valence-electron chi connectivity index (χ2n) is 3.36. The maximum atomic E-state index is 13.6. The van der Waals surface area contributed by atoms with Crippen molar-refractivity contribution in [1.29, 1.82) is 5.26 Å². The Morgan fingerprint density at radius 1 is 1.17 bits per heavy atom. The lowest BCUT2D eigenvalue weighted by Crippen LogP contribution is -1.99. The minimum absolute atomic E-state index is 0.221. The van der Waals surface area contributed by atoms with Crippen LogP contribution in [0, 0.1) is 17.1 Å². The Balaban J connectivity index is 2.31. The molecule has 0 amide bonds. The van der Waals surface area contributed by atoms with Crippen molar-refractivity contribution in [2.75, 3.05) is 11.5 Å². The van der Waals surface area contributed by atoms with Crippen molar-refractivity contribution in [3.8, 4) is 6.07 Å². The third kappa shape index (κ3) is 2.67. The molecule has 0 saturated carbocycles. The molecule has 5 nitrogen and oxygen atoms in total. The molecule has 0 aliphatic carbocycles. The first kappa shape index (κ1) is 12.1. The van der Waals surface area contributed by atoms with Crippen LogP contribution < -0.4 is 11.5 Å². The zero-order valence-corrected chi connectivity index (χ0v) is 9.91. The van der Waals surface area contributed by atoms with Crippen LogP contribution in [0.2, 0.25) is 0 Å². The zero-order chi connectivity index (χ0) is 13.1. The number of aromatic nitrogens is 2. The summed E-state index contributed by atoms with van der Waals surface area (Å²) in [5.41, 5.74) is 11.3. The van der Waals surface area contributed by atoms with E-state index in [1.165, 1.54) is 18.2 Å². The van der Waals surface area contributed by atoms with E-state index in [0.29, 0.717) is 4.90 Å². The van der Waals surface area contributed by atoms with Gasteiger partial charge in [-0.25, -0.2) is 14.4 Å². The van der Waals surface area contributed by atoms with Crippen LogP contribution in [0.5, 0.6) is 0 Å². The first-order chi connectivity index (χ1) is 8.58. The highest BCUT2D eigenvalue weighted by Crippen LogP contribution is 2.28. The van der Waals surface area contributed by atoms with E-state index in [9.17, 15) is 4.39 Å². The molecule has 0 atom stereocenters. The third-order valence-corrected chi connectivity index (χ3v) is 2.92. The minimum Gasteiger partial charge on any atom is -0.383 e. The molecule has 90 valence electrons. The average Bonchev–Trinajstić information content (AvgIpc) is 2.30. The van der Waals surface area contributed by atoms with Gasteiger partial charge >= 0.3 is 0 Å². The van der Waals surface area contributed by atoms with Gasteiger partial charge in [0.15, 0.2) is 5.16 Å². The van der Waals surface area contributed by atoms with Gasteiger partial charge in [0.05, 0.1) is 16.5 Å². The smallest absolute Gasteiger partial charge is 0.196 e. The topological polar surface area (TPSA) is 102 Å². The molecule has 0 radical (unpaired) electrons. The summed E-state index contributed by atoms with van der Waals surface area (Å²) in [5, 5.41) is 8.89. The highest BCUT2D eigenvalue weighted by atomic mass is 32.2. The number of hydrogen-bond donors (Lipinski definition) is 2. The van der Waals surface area contributed by atoms with E-state index in [2.05, 4.69) is 9.97 Å². The molecule has 4 N–H and O–H groups in total. The number of nitrogens with zero attached hydrogens (tertiary/aromatic N) is 3. The Morgan fingerprint density at radius 3 is 2.39 bits per heavy atom. The molecular formula is C11H8FN5S. The molecule has 0 bridgehead atoms. The molecule has 0 unspecified atom stereocenters. The van der Waals surface area contributed by atoms with E-state index in [1.54, 1.807) is 0 Å². The lowest BCUT2D eigenvalue weighted by molar-refractivity contribution is 0.601. The van der Waals surface area contributed by atoms with Crippen molar-refractivity contribution in [3.63, 3.8) is 0 Å². The van der Waals surface area contributed by atoms with Gasteiger partial charge in [0.25, 0.3) is 0 Å². The fourth-order valence-corrected chi connectivity index (χ4v) is 2.05. The zero-order valence-electron chi connectivity index (χ0n) is 9.09. The summed E-state index contributed by atoms with van der Waals surface area (Å²) in [6.07, 6.45) is 0. The van der Waals surface area contributed by atoms with Crippen LogP contribution >= 0.6 is 11.8 Å². The van der Waals surface area contributed by atoms with Crippen LogP contribution in [0.15, 0.2) is 34.3 Å². The van der Waals surface area contributed by atoms with Crippen LogP contribution in [0.1, 0.15) is 5.56 Å². The molecular weight excluding hydrogens is 253 g/mol. The number of nitrogens with two attached hydrogens (primary N) is 2. The molecule has 0 aliphatic rings. The Morgan fingerprint density at radius 2 is 1.83 bits per heavy atom. The molecule has 0 saturated heterocycles. The van der Waals surface area contributed by atoms with E-state index in [4.69, 9.17) is 16.7 Å². The van der Waals surface area contributed by atoms with Gasteiger partial charge in [0.2, 0.25) is 0 Å². The first-order valence-corrected chi connectivity index (χ1v) is 5.67. The average molecular weight is 261 g/mol. The SMILES string of the molecule is N#Cc1ccc(Sc2nc(N)cc(N)n2)c(F)c1. The maximum absolute atomic E-state index is 13.6. The van der Waals surface area contributed by atoms with Crippen molar-refractivity contribution >= 4 is 23.4 Å². The van der Waals surface area contributed by atoms with Gasteiger partial charge in [0.1, 0.15) is 17.5 Å². The summed E-state index contributed by atoms with van der Waals surface area (Å²) in [4.78, 5) is 8.17. The number of nitriles is 1. The molecule has 1 aromatic heterocycles. The molecule has 18 heavy (non-hydrogen) atoms. The quantitative estimate of drug-likeness (QED) is 0.799. The predicted molar refractivity (Wildman–Crippen MR) is 66.1 cm³/mol. The lowest BCUT2D eigenvalue weighted by Gasteiger charge is -2.03. The molecule has 1 heterocycles. The van der Waals surface area contributed by atoms with E-state index in [1.807, 2.05) is 6.07 Å². The Kier molecular flexibility index (Phi) is 3.30. The standard InChI is InChI=1S/C11H8FN5S/c12-7-3-6(5-13)1-2-8(7)18-11-16-9(14)4-10(15)17-11/h1-4H,(H4,14,15,16,17). The number of hydrogen-bond acceptors (Lipinski definition) is 6. The van der Waals surface area contributed by atoms with Crippen LogP contribution in [-0.4, -0.2) is 9.97 Å². The number of halogens is 1. The lowest BCUT2D eigenvalue weighted by atomic mass is 10.2. The van der Waals surface area contributed by atoms with E-state index >= 15 is 0 Å². The van der Waals surface area contributed by atoms with Gasteiger partial charge in [-0.3, -0.25) is 0 Å². The summed E-state index contributed by atoms with van der Waals surface area (Å²) in [6, 6.07) is 7.43. The molecule has 2 rings (SSSR count). The minimum atomic E-state index is -0.511.